The number of ether oxygens (including phenoxy) is 1. The topological polar surface area (TPSA) is 46.5 Å². The lowest BCUT2D eigenvalue weighted by atomic mass is 9.75. The molecule has 1 aromatic rings. The standard InChI is InChI=1S/C15H18O3/c1-10-4-6-15(7-5-10)9-13(17)12-8-11(16)2-3-14(12)18-15/h2-3,8,10,16H,4-7,9H2,1H3. The van der Waals surface area contributed by atoms with Crippen LogP contribution >= 0.6 is 0 Å². The van der Waals surface area contributed by atoms with E-state index >= 15 is 0 Å². The maximum absolute atomic E-state index is 12.2. The van der Waals surface area contributed by atoms with Gasteiger partial charge in [0.05, 0.1) is 12.0 Å². The van der Waals surface area contributed by atoms with Crippen molar-refractivity contribution in [3.63, 3.8) is 0 Å². The lowest BCUT2D eigenvalue weighted by Crippen LogP contribution is -2.44. The molecule has 1 fully saturated rings. The van der Waals surface area contributed by atoms with Crippen LogP contribution in [0, 0.1) is 5.92 Å². The number of ketones is 1. The summed E-state index contributed by atoms with van der Waals surface area (Å²) in [4.78, 5) is 12.2. The zero-order chi connectivity index (χ0) is 12.8. The van der Waals surface area contributed by atoms with E-state index in [1.807, 2.05) is 0 Å². The first-order valence-corrected chi connectivity index (χ1v) is 6.63. The van der Waals surface area contributed by atoms with Crippen LogP contribution < -0.4 is 4.74 Å². The van der Waals surface area contributed by atoms with E-state index in [4.69, 9.17) is 4.74 Å². The second-order valence-corrected chi connectivity index (χ2v) is 5.75. The minimum atomic E-state index is -0.284. The molecular formula is C15H18O3. The summed E-state index contributed by atoms with van der Waals surface area (Å²) in [5.74, 6) is 1.59. The third-order valence-electron chi connectivity index (χ3n) is 4.26. The summed E-state index contributed by atoms with van der Waals surface area (Å²) >= 11 is 0. The zero-order valence-electron chi connectivity index (χ0n) is 10.6. The van der Waals surface area contributed by atoms with Gasteiger partial charge in [0.25, 0.3) is 0 Å². The molecule has 96 valence electrons. The molecule has 1 heterocycles. The van der Waals surface area contributed by atoms with E-state index in [9.17, 15) is 9.90 Å². The Morgan fingerprint density at radius 1 is 1.33 bits per heavy atom. The van der Waals surface area contributed by atoms with Gasteiger partial charge in [0.2, 0.25) is 0 Å². The van der Waals surface area contributed by atoms with E-state index in [0.717, 1.165) is 31.6 Å². The Hall–Kier alpha value is -1.51. The highest BCUT2D eigenvalue weighted by atomic mass is 16.5. The Kier molecular flexibility index (Phi) is 2.58. The van der Waals surface area contributed by atoms with Crippen molar-refractivity contribution >= 4 is 5.78 Å². The van der Waals surface area contributed by atoms with Crippen LogP contribution in [0.3, 0.4) is 0 Å². The number of carbonyl (C=O) groups is 1. The van der Waals surface area contributed by atoms with Crippen molar-refractivity contribution in [2.24, 2.45) is 5.92 Å². The third kappa shape index (κ3) is 1.88. The van der Waals surface area contributed by atoms with Gasteiger partial charge in [-0.05, 0) is 49.8 Å². The van der Waals surface area contributed by atoms with Crippen molar-refractivity contribution in [1.82, 2.24) is 0 Å². The molecular weight excluding hydrogens is 228 g/mol. The molecule has 1 N–H and O–H groups in total. The van der Waals surface area contributed by atoms with Gasteiger partial charge in [0.1, 0.15) is 17.1 Å². The molecule has 0 amide bonds. The molecule has 3 heteroatoms. The Labute approximate surface area is 107 Å². The maximum Gasteiger partial charge on any atom is 0.170 e. The summed E-state index contributed by atoms with van der Waals surface area (Å²) in [5, 5.41) is 9.43. The van der Waals surface area contributed by atoms with Crippen molar-refractivity contribution in [3.8, 4) is 11.5 Å². The minimum Gasteiger partial charge on any atom is -0.508 e. The SMILES string of the molecule is CC1CCC2(CC1)CC(=O)c1cc(O)ccc1O2. The summed E-state index contributed by atoms with van der Waals surface area (Å²) in [6.45, 7) is 2.25. The van der Waals surface area contributed by atoms with Crippen LogP contribution in [0.15, 0.2) is 18.2 Å². The highest BCUT2D eigenvalue weighted by molar-refractivity contribution is 6.00. The summed E-state index contributed by atoms with van der Waals surface area (Å²) < 4.78 is 6.10. The van der Waals surface area contributed by atoms with Gasteiger partial charge in [-0.2, -0.15) is 0 Å². The van der Waals surface area contributed by atoms with E-state index in [1.54, 1.807) is 12.1 Å². The highest BCUT2D eigenvalue weighted by Gasteiger charge is 2.42. The largest absolute Gasteiger partial charge is 0.508 e. The van der Waals surface area contributed by atoms with E-state index in [1.165, 1.54) is 6.07 Å². The quantitative estimate of drug-likeness (QED) is 0.764. The predicted molar refractivity (Wildman–Crippen MR) is 68.0 cm³/mol. The van der Waals surface area contributed by atoms with Gasteiger partial charge < -0.3 is 9.84 Å². The monoisotopic (exact) mass is 246 g/mol. The van der Waals surface area contributed by atoms with E-state index in [0.29, 0.717) is 17.7 Å². The number of rotatable bonds is 0. The second-order valence-electron chi connectivity index (χ2n) is 5.75. The van der Waals surface area contributed by atoms with Crippen LogP contribution in [0.4, 0.5) is 0 Å². The number of phenols is 1. The Bertz CT molecular complexity index is 485. The molecule has 0 aromatic heterocycles. The number of benzene rings is 1. The van der Waals surface area contributed by atoms with Crippen LogP contribution in [0.2, 0.25) is 0 Å². The normalized spacial score (nSPS) is 30.9. The number of phenolic OH excluding ortho intramolecular Hbond substituents is 1. The van der Waals surface area contributed by atoms with Crippen LogP contribution in [-0.4, -0.2) is 16.5 Å². The fourth-order valence-corrected chi connectivity index (χ4v) is 3.05. The number of carbonyl (C=O) groups excluding carboxylic acids is 1. The first kappa shape index (κ1) is 11.6. The Balaban J connectivity index is 1.92. The van der Waals surface area contributed by atoms with Crippen molar-refractivity contribution in [2.75, 3.05) is 0 Å². The van der Waals surface area contributed by atoms with Crippen molar-refractivity contribution < 1.29 is 14.6 Å². The minimum absolute atomic E-state index is 0.0988. The van der Waals surface area contributed by atoms with Gasteiger partial charge in [-0.1, -0.05) is 6.92 Å². The van der Waals surface area contributed by atoms with Gasteiger partial charge in [-0.15, -0.1) is 0 Å². The lowest BCUT2D eigenvalue weighted by molar-refractivity contribution is 0.00395. The van der Waals surface area contributed by atoms with Crippen LogP contribution in [0.25, 0.3) is 0 Å². The molecule has 0 bridgehead atoms. The molecule has 2 aliphatic rings. The van der Waals surface area contributed by atoms with Crippen molar-refractivity contribution in [1.29, 1.82) is 0 Å². The van der Waals surface area contributed by atoms with Crippen molar-refractivity contribution in [3.05, 3.63) is 23.8 Å². The molecule has 3 rings (SSSR count). The predicted octanol–water partition coefficient (Wildman–Crippen LogP) is 3.31. The summed E-state index contributed by atoms with van der Waals surface area (Å²) in [5.41, 5.74) is 0.243. The molecule has 1 spiro atoms. The number of Topliss-reactive ketones (excluding diaryl/α,β-unsaturated/α-hetero) is 1. The number of fused-ring (bicyclic) bond motifs is 1. The Morgan fingerprint density at radius 2 is 2.06 bits per heavy atom. The molecule has 0 atom stereocenters. The fraction of sp³-hybridized carbons (Fsp3) is 0.533. The second kappa shape index (κ2) is 4.01. The Morgan fingerprint density at radius 3 is 2.78 bits per heavy atom. The molecule has 1 aromatic carbocycles. The molecule has 18 heavy (non-hydrogen) atoms. The average molecular weight is 246 g/mol. The van der Waals surface area contributed by atoms with Crippen molar-refractivity contribution in [2.45, 2.75) is 44.6 Å². The molecule has 1 saturated carbocycles. The number of hydrogen-bond acceptors (Lipinski definition) is 3. The average Bonchev–Trinajstić information content (AvgIpc) is 2.35. The number of aromatic hydroxyl groups is 1. The van der Waals surface area contributed by atoms with Gasteiger partial charge in [-0.25, -0.2) is 0 Å². The smallest absolute Gasteiger partial charge is 0.170 e. The lowest BCUT2D eigenvalue weighted by Gasteiger charge is -2.42. The molecule has 0 saturated heterocycles. The summed E-state index contributed by atoms with van der Waals surface area (Å²) in [6, 6.07) is 4.80. The van der Waals surface area contributed by atoms with Crippen LogP contribution in [-0.2, 0) is 0 Å². The summed E-state index contributed by atoms with van der Waals surface area (Å²) in [6.07, 6.45) is 4.62. The van der Waals surface area contributed by atoms with E-state index in [-0.39, 0.29) is 17.1 Å². The number of hydrogen-bond donors (Lipinski definition) is 1. The van der Waals surface area contributed by atoms with E-state index < -0.39 is 0 Å². The van der Waals surface area contributed by atoms with Gasteiger partial charge >= 0.3 is 0 Å². The first-order valence-electron chi connectivity index (χ1n) is 6.63. The summed E-state index contributed by atoms with van der Waals surface area (Å²) in [7, 11) is 0. The van der Waals surface area contributed by atoms with Crippen LogP contribution in [0.1, 0.15) is 49.4 Å². The molecule has 1 aliphatic heterocycles. The molecule has 1 aliphatic carbocycles. The van der Waals surface area contributed by atoms with E-state index in [2.05, 4.69) is 6.92 Å². The molecule has 0 radical (unpaired) electrons. The first-order chi connectivity index (χ1) is 8.58. The van der Waals surface area contributed by atoms with Gasteiger partial charge in [-0.3, -0.25) is 4.79 Å². The molecule has 3 nitrogen and oxygen atoms in total. The van der Waals surface area contributed by atoms with Gasteiger partial charge in [0.15, 0.2) is 5.78 Å². The zero-order valence-corrected chi connectivity index (χ0v) is 10.6. The van der Waals surface area contributed by atoms with Gasteiger partial charge in [0, 0.05) is 0 Å². The maximum atomic E-state index is 12.2. The highest BCUT2D eigenvalue weighted by Crippen LogP contribution is 2.43. The van der Waals surface area contributed by atoms with Crippen LogP contribution in [0.5, 0.6) is 11.5 Å². The molecule has 0 unspecified atom stereocenters. The fourth-order valence-electron chi connectivity index (χ4n) is 3.05. The third-order valence-corrected chi connectivity index (χ3v) is 4.26.